The highest BCUT2D eigenvalue weighted by molar-refractivity contribution is 7.92. The molecule has 0 spiro atoms. The number of carbonyl (C=O) groups excluding carboxylic acids is 2. The fourth-order valence-electron chi connectivity index (χ4n) is 2.97. The Hall–Kier alpha value is -3.83. The number of amides is 2. The Morgan fingerprint density at radius 1 is 0.970 bits per heavy atom. The second-order valence-corrected chi connectivity index (χ2v) is 8.95. The molecule has 0 aliphatic carbocycles. The SMILES string of the molecule is Cc1ccnc(NS(=O)(=O)c2ccc(NC3=C(Cl)C(=O)N(c4ccc(F)cc4)C3=O)cc2)n1. The molecule has 2 amide bonds. The van der Waals surface area contributed by atoms with Gasteiger partial charge in [0.05, 0.1) is 10.6 Å². The number of nitrogens with zero attached hydrogens (tertiary/aromatic N) is 3. The van der Waals surface area contributed by atoms with E-state index in [1.807, 2.05) is 0 Å². The summed E-state index contributed by atoms with van der Waals surface area (Å²) >= 11 is 6.07. The summed E-state index contributed by atoms with van der Waals surface area (Å²) in [4.78, 5) is 33.8. The first kappa shape index (κ1) is 22.4. The van der Waals surface area contributed by atoms with Gasteiger partial charge >= 0.3 is 0 Å². The van der Waals surface area contributed by atoms with Crippen LogP contribution in [-0.4, -0.2) is 30.2 Å². The number of carbonyl (C=O) groups is 2. The van der Waals surface area contributed by atoms with Gasteiger partial charge in [-0.05, 0) is 61.5 Å². The number of sulfonamides is 1. The first-order chi connectivity index (χ1) is 15.7. The smallest absolute Gasteiger partial charge is 0.283 e. The number of aryl methyl sites for hydroxylation is 1. The van der Waals surface area contributed by atoms with E-state index in [0.29, 0.717) is 11.4 Å². The number of anilines is 3. The van der Waals surface area contributed by atoms with Crippen LogP contribution in [0.2, 0.25) is 0 Å². The Morgan fingerprint density at radius 2 is 1.64 bits per heavy atom. The molecule has 1 aromatic heterocycles. The fraction of sp³-hybridized carbons (Fsp3) is 0.0476. The van der Waals surface area contributed by atoms with Gasteiger partial charge in [0.2, 0.25) is 5.95 Å². The van der Waals surface area contributed by atoms with E-state index in [9.17, 15) is 22.4 Å². The number of rotatable bonds is 6. The maximum Gasteiger partial charge on any atom is 0.283 e. The Balaban J connectivity index is 1.52. The van der Waals surface area contributed by atoms with Gasteiger partial charge in [-0.3, -0.25) is 9.59 Å². The van der Waals surface area contributed by atoms with Gasteiger partial charge < -0.3 is 5.32 Å². The summed E-state index contributed by atoms with van der Waals surface area (Å²) in [5, 5.41) is 2.39. The van der Waals surface area contributed by atoms with Crippen LogP contribution in [0.4, 0.5) is 21.7 Å². The molecule has 1 aliphatic rings. The number of hydrogen-bond donors (Lipinski definition) is 2. The lowest BCUT2D eigenvalue weighted by molar-refractivity contribution is -0.120. The second kappa shape index (κ2) is 8.60. The molecule has 0 bridgehead atoms. The van der Waals surface area contributed by atoms with Crippen LogP contribution < -0.4 is 14.9 Å². The van der Waals surface area contributed by atoms with Gasteiger partial charge in [-0.1, -0.05) is 11.6 Å². The fourth-order valence-corrected chi connectivity index (χ4v) is 4.14. The molecule has 3 aromatic rings. The summed E-state index contributed by atoms with van der Waals surface area (Å²) < 4.78 is 40.6. The lowest BCUT2D eigenvalue weighted by Crippen LogP contribution is -2.32. The molecule has 0 saturated heterocycles. The van der Waals surface area contributed by atoms with Gasteiger partial charge in [0.1, 0.15) is 16.5 Å². The van der Waals surface area contributed by atoms with Crippen LogP contribution in [0.25, 0.3) is 0 Å². The van der Waals surface area contributed by atoms with Crippen molar-refractivity contribution in [2.45, 2.75) is 11.8 Å². The van der Waals surface area contributed by atoms with Crippen LogP contribution in [0.5, 0.6) is 0 Å². The van der Waals surface area contributed by atoms with E-state index in [-0.39, 0.29) is 27.3 Å². The van der Waals surface area contributed by atoms with Crippen molar-refractivity contribution in [1.29, 1.82) is 0 Å². The third kappa shape index (κ3) is 4.54. The maximum atomic E-state index is 13.2. The van der Waals surface area contributed by atoms with E-state index in [2.05, 4.69) is 20.0 Å². The molecular formula is C21H15ClFN5O4S. The highest BCUT2D eigenvalue weighted by Crippen LogP contribution is 2.30. The molecule has 12 heteroatoms. The van der Waals surface area contributed by atoms with Gasteiger partial charge in [-0.2, -0.15) is 0 Å². The molecule has 4 rings (SSSR count). The van der Waals surface area contributed by atoms with Crippen LogP contribution in [0.1, 0.15) is 5.69 Å². The molecule has 1 aliphatic heterocycles. The van der Waals surface area contributed by atoms with Gasteiger partial charge in [0.15, 0.2) is 0 Å². The van der Waals surface area contributed by atoms with Crippen molar-refractivity contribution in [3.8, 4) is 0 Å². The molecule has 0 unspecified atom stereocenters. The van der Waals surface area contributed by atoms with Gasteiger partial charge in [0, 0.05) is 17.6 Å². The highest BCUT2D eigenvalue weighted by atomic mass is 35.5. The number of hydrogen-bond acceptors (Lipinski definition) is 7. The minimum absolute atomic E-state index is 0.0647. The number of nitrogens with one attached hydrogen (secondary N) is 2. The average molecular weight is 488 g/mol. The van der Waals surface area contributed by atoms with Crippen LogP contribution in [-0.2, 0) is 19.6 Å². The lowest BCUT2D eigenvalue weighted by atomic mass is 10.3. The Kier molecular flexibility index (Phi) is 5.83. The summed E-state index contributed by atoms with van der Waals surface area (Å²) in [5.41, 5.74) is 0.883. The highest BCUT2D eigenvalue weighted by Gasteiger charge is 2.39. The lowest BCUT2D eigenvalue weighted by Gasteiger charge is -2.15. The Morgan fingerprint density at radius 3 is 2.27 bits per heavy atom. The van der Waals surface area contributed by atoms with Crippen LogP contribution in [0, 0.1) is 12.7 Å². The van der Waals surface area contributed by atoms with E-state index in [1.54, 1.807) is 13.0 Å². The normalized spacial score (nSPS) is 14.1. The summed E-state index contributed by atoms with van der Waals surface area (Å²) in [6.07, 6.45) is 1.43. The molecule has 168 valence electrons. The molecule has 9 nitrogen and oxygen atoms in total. The average Bonchev–Trinajstić information content (AvgIpc) is 2.98. The maximum absolute atomic E-state index is 13.2. The molecule has 2 aromatic carbocycles. The van der Waals surface area contributed by atoms with Crippen molar-refractivity contribution < 1.29 is 22.4 Å². The largest absolute Gasteiger partial charge is 0.350 e. The quantitative estimate of drug-likeness (QED) is 0.512. The Bertz CT molecular complexity index is 1390. The zero-order valence-electron chi connectivity index (χ0n) is 16.9. The third-order valence-electron chi connectivity index (χ3n) is 4.57. The monoisotopic (exact) mass is 487 g/mol. The number of halogens is 2. The molecule has 0 saturated carbocycles. The number of benzene rings is 2. The summed E-state index contributed by atoms with van der Waals surface area (Å²) in [6, 6.07) is 11.8. The predicted molar refractivity (Wildman–Crippen MR) is 119 cm³/mol. The first-order valence-corrected chi connectivity index (χ1v) is 11.3. The molecule has 33 heavy (non-hydrogen) atoms. The van der Waals surface area contributed by atoms with Crippen molar-refractivity contribution in [3.63, 3.8) is 0 Å². The summed E-state index contributed by atoms with van der Waals surface area (Å²) in [7, 11) is -3.95. The molecule has 0 atom stereocenters. The van der Waals surface area contributed by atoms with Crippen LogP contribution >= 0.6 is 11.6 Å². The van der Waals surface area contributed by atoms with Gasteiger partial charge in [0.25, 0.3) is 21.8 Å². The van der Waals surface area contributed by atoms with Gasteiger partial charge in [-0.25, -0.2) is 32.4 Å². The van der Waals surface area contributed by atoms with Crippen molar-refractivity contribution >= 4 is 50.8 Å². The van der Waals surface area contributed by atoms with E-state index >= 15 is 0 Å². The van der Waals surface area contributed by atoms with Crippen molar-refractivity contribution in [2.75, 3.05) is 14.9 Å². The topological polar surface area (TPSA) is 121 Å². The molecule has 2 heterocycles. The molecule has 0 radical (unpaired) electrons. The molecule has 2 N–H and O–H groups in total. The summed E-state index contributed by atoms with van der Waals surface area (Å²) in [6.45, 7) is 1.70. The van der Waals surface area contributed by atoms with Crippen LogP contribution in [0.3, 0.4) is 0 Å². The Labute approximate surface area is 193 Å². The number of aromatic nitrogens is 2. The standard InChI is InChI=1S/C21H15ClFN5O4S/c1-12-10-11-24-21(25-12)27-33(31,32)16-8-4-14(5-9-16)26-18-17(22)19(29)28(20(18)30)15-6-2-13(23)3-7-15/h2-11,26H,1H3,(H,24,25,27). The molecular weight excluding hydrogens is 473 g/mol. The van der Waals surface area contributed by atoms with Crippen molar-refractivity contribution in [3.05, 3.63) is 83.0 Å². The minimum atomic E-state index is -3.95. The van der Waals surface area contributed by atoms with E-state index in [4.69, 9.17) is 11.6 Å². The van der Waals surface area contributed by atoms with E-state index in [1.165, 1.54) is 42.6 Å². The van der Waals surface area contributed by atoms with E-state index in [0.717, 1.165) is 17.0 Å². The molecule has 0 fully saturated rings. The zero-order chi connectivity index (χ0) is 23.8. The minimum Gasteiger partial charge on any atom is -0.350 e. The zero-order valence-corrected chi connectivity index (χ0v) is 18.5. The van der Waals surface area contributed by atoms with Gasteiger partial charge in [-0.15, -0.1) is 0 Å². The number of imide groups is 1. The second-order valence-electron chi connectivity index (χ2n) is 6.89. The van der Waals surface area contributed by atoms with Crippen molar-refractivity contribution in [1.82, 2.24) is 9.97 Å². The van der Waals surface area contributed by atoms with Crippen molar-refractivity contribution in [2.24, 2.45) is 0 Å². The third-order valence-corrected chi connectivity index (χ3v) is 6.26. The summed E-state index contributed by atoms with van der Waals surface area (Å²) in [5.74, 6) is -2.08. The van der Waals surface area contributed by atoms with E-state index < -0.39 is 27.7 Å². The first-order valence-electron chi connectivity index (χ1n) is 9.39. The van der Waals surface area contributed by atoms with Crippen LogP contribution in [0.15, 0.2) is 76.4 Å². The predicted octanol–water partition coefficient (Wildman–Crippen LogP) is 3.16.